The van der Waals surface area contributed by atoms with Gasteiger partial charge in [-0.1, -0.05) is 6.07 Å². The van der Waals surface area contributed by atoms with Gasteiger partial charge in [-0.2, -0.15) is 0 Å². The lowest BCUT2D eigenvalue weighted by Crippen LogP contribution is -2.40. The summed E-state index contributed by atoms with van der Waals surface area (Å²) in [5.41, 5.74) is -1.89. The number of rotatable bonds is 2. The lowest BCUT2D eigenvalue weighted by Gasteiger charge is -2.14. The average Bonchev–Trinajstić information content (AvgIpc) is 2.59. The number of nitrogens with zero attached hydrogens (tertiary/aromatic N) is 3. The summed E-state index contributed by atoms with van der Waals surface area (Å²) in [6.45, 7) is 0. The van der Waals surface area contributed by atoms with E-state index in [0.717, 1.165) is 25.8 Å². The molecule has 0 spiro atoms. The van der Waals surface area contributed by atoms with Gasteiger partial charge in [0, 0.05) is 32.9 Å². The van der Waals surface area contributed by atoms with Gasteiger partial charge in [0.1, 0.15) is 11.5 Å². The van der Waals surface area contributed by atoms with Crippen molar-refractivity contribution in [2.75, 3.05) is 5.32 Å². The van der Waals surface area contributed by atoms with Crippen LogP contribution in [-0.4, -0.2) is 19.6 Å². The molecule has 1 aromatic carbocycles. The van der Waals surface area contributed by atoms with Crippen LogP contribution in [0, 0.1) is 5.82 Å². The second-order valence-electron chi connectivity index (χ2n) is 5.82. The van der Waals surface area contributed by atoms with Crippen LogP contribution in [-0.2, 0) is 21.1 Å². The third-order valence-electron chi connectivity index (χ3n) is 4.15. The summed E-state index contributed by atoms with van der Waals surface area (Å²) in [7, 11) is 4.08. The van der Waals surface area contributed by atoms with Crippen molar-refractivity contribution in [3.8, 4) is 0 Å². The van der Waals surface area contributed by atoms with E-state index in [2.05, 4.69) is 5.32 Å². The van der Waals surface area contributed by atoms with Gasteiger partial charge in [-0.15, -0.1) is 0 Å². The molecule has 1 amide bonds. The molecule has 0 atom stereocenters. The average molecular weight is 358 g/mol. The molecule has 1 N–H and O–H groups in total. The Morgan fingerprint density at radius 1 is 1.00 bits per heavy atom. The van der Waals surface area contributed by atoms with Crippen LogP contribution in [0.3, 0.4) is 0 Å². The van der Waals surface area contributed by atoms with Gasteiger partial charge >= 0.3 is 5.69 Å². The third-order valence-corrected chi connectivity index (χ3v) is 4.15. The van der Waals surface area contributed by atoms with Crippen LogP contribution in [0.5, 0.6) is 0 Å². The molecule has 0 bridgehead atoms. The number of pyridine rings is 1. The van der Waals surface area contributed by atoms with Crippen molar-refractivity contribution in [2.45, 2.75) is 0 Å². The Balaban J connectivity index is 2.32. The van der Waals surface area contributed by atoms with E-state index in [-0.39, 0.29) is 22.3 Å². The molecule has 0 saturated carbocycles. The molecule has 0 radical (unpaired) electrons. The smallest absolute Gasteiger partial charge is 0.322 e. The van der Waals surface area contributed by atoms with E-state index in [1.807, 2.05) is 0 Å². The van der Waals surface area contributed by atoms with Gasteiger partial charge < -0.3 is 5.32 Å². The zero-order valence-electron chi connectivity index (χ0n) is 14.2. The largest absolute Gasteiger partial charge is 0.332 e. The number of hydrogen-bond acceptors (Lipinski definition) is 4. The Morgan fingerprint density at radius 3 is 2.35 bits per heavy atom. The van der Waals surface area contributed by atoms with Crippen molar-refractivity contribution in [2.24, 2.45) is 21.1 Å². The van der Waals surface area contributed by atoms with Gasteiger partial charge in [0.05, 0.1) is 10.9 Å². The highest BCUT2D eigenvalue weighted by atomic mass is 19.1. The second-order valence-corrected chi connectivity index (χ2v) is 5.82. The van der Waals surface area contributed by atoms with Crippen LogP contribution in [0.2, 0.25) is 0 Å². The molecule has 0 unspecified atom stereocenters. The molecule has 0 aliphatic rings. The summed E-state index contributed by atoms with van der Waals surface area (Å²) in [6.07, 6.45) is 0. The molecule has 0 saturated heterocycles. The van der Waals surface area contributed by atoms with Gasteiger partial charge in [0.2, 0.25) is 0 Å². The fraction of sp³-hybridized carbons (Fsp3) is 0.176. The monoisotopic (exact) mass is 358 g/mol. The van der Waals surface area contributed by atoms with E-state index in [0.29, 0.717) is 0 Å². The first kappa shape index (κ1) is 17.3. The summed E-state index contributed by atoms with van der Waals surface area (Å²) >= 11 is 0. The van der Waals surface area contributed by atoms with Crippen LogP contribution in [0.1, 0.15) is 10.4 Å². The summed E-state index contributed by atoms with van der Waals surface area (Å²) in [6, 6.07) is 6.22. The van der Waals surface area contributed by atoms with E-state index in [1.54, 1.807) is 0 Å². The molecule has 8 nitrogen and oxygen atoms in total. The number of fused-ring (bicyclic) bond motifs is 1. The zero-order chi connectivity index (χ0) is 19.2. The lowest BCUT2D eigenvalue weighted by atomic mass is 10.1. The van der Waals surface area contributed by atoms with Gasteiger partial charge in [0.25, 0.3) is 17.0 Å². The maximum Gasteiger partial charge on any atom is 0.332 e. The van der Waals surface area contributed by atoms with Crippen molar-refractivity contribution in [3.05, 3.63) is 72.9 Å². The topological polar surface area (TPSA) is 95.1 Å². The van der Waals surface area contributed by atoms with Crippen LogP contribution >= 0.6 is 0 Å². The first-order valence-electron chi connectivity index (χ1n) is 7.59. The zero-order valence-corrected chi connectivity index (χ0v) is 14.2. The molecule has 3 aromatic rings. The highest BCUT2D eigenvalue weighted by Crippen LogP contribution is 2.15. The Labute approximate surface area is 145 Å². The first-order valence-corrected chi connectivity index (χ1v) is 7.59. The molecule has 2 aromatic heterocycles. The molecule has 134 valence electrons. The maximum atomic E-state index is 13.3. The molecular formula is C17H15FN4O4. The highest BCUT2D eigenvalue weighted by Gasteiger charge is 2.20. The molecule has 26 heavy (non-hydrogen) atoms. The lowest BCUT2D eigenvalue weighted by molar-refractivity contribution is 0.102. The minimum absolute atomic E-state index is 0.0231. The number of carbonyl (C=O) groups excluding carboxylic acids is 1. The minimum atomic E-state index is -0.756. The Kier molecular flexibility index (Phi) is 4.07. The van der Waals surface area contributed by atoms with Gasteiger partial charge in [-0.25, -0.2) is 9.18 Å². The SMILES string of the molecule is Cn1c(=O)c2c(C(=O)Nc3cccc(F)c3)cc(=O)n(C)c2n(C)c1=O. The number of carbonyl (C=O) groups is 1. The number of amides is 1. The van der Waals surface area contributed by atoms with E-state index >= 15 is 0 Å². The van der Waals surface area contributed by atoms with Crippen molar-refractivity contribution < 1.29 is 9.18 Å². The van der Waals surface area contributed by atoms with Crippen molar-refractivity contribution in [1.82, 2.24) is 13.7 Å². The summed E-state index contributed by atoms with van der Waals surface area (Å²) in [4.78, 5) is 49.6. The van der Waals surface area contributed by atoms with Crippen molar-refractivity contribution >= 4 is 22.6 Å². The first-order chi connectivity index (χ1) is 12.2. The summed E-state index contributed by atoms with van der Waals surface area (Å²) in [5.74, 6) is -1.30. The van der Waals surface area contributed by atoms with Crippen LogP contribution in [0.4, 0.5) is 10.1 Å². The minimum Gasteiger partial charge on any atom is -0.322 e. The Hall–Kier alpha value is -3.49. The van der Waals surface area contributed by atoms with E-state index in [1.165, 1.54) is 39.3 Å². The molecule has 2 heterocycles. The van der Waals surface area contributed by atoms with E-state index in [4.69, 9.17) is 0 Å². The normalized spacial score (nSPS) is 10.9. The number of anilines is 1. The van der Waals surface area contributed by atoms with Crippen molar-refractivity contribution in [3.63, 3.8) is 0 Å². The summed E-state index contributed by atoms with van der Waals surface area (Å²) < 4.78 is 16.4. The van der Waals surface area contributed by atoms with Crippen molar-refractivity contribution in [1.29, 1.82) is 0 Å². The number of aryl methyl sites for hydroxylation is 2. The molecule has 0 fully saturated rings. The number of nitrogens with one attached hydrogen (secondary N) is 1. The third kappa shape index (κ3) is 2.63. The Bertz CT molecular complexity index is 1240. The fourth-order valence-electron chi connectivity index (χ4n) is 2.80. The number of hydrogen-bond donors (Lipinski definition) is 1. The number of benzene rings is 1. The molecule has 9 heteroatoms. The molecular weight excluding hydrogens is 343 g/mol. The molecule has 0 aliphatic heterocycles. The second kappa shape index (κ2) is 6.10. The molecule has 0 aliphatic carbocycles. The summed E-state index contributed by atoms with van der Waals surface area (Å²) in [5, 5.41) is 2.38. The van der Waals surface area contributed by atoms with Crippen LogP contribution in [0.15, 0.2) is 44.7 Å². The number of aromatic nitrogens is 3. The van der Waals surface area contributed by atoms with Gasteiger partial charge in [-0.3, -0.25) is 28.1 Å². The highest BCUT2D eigenvalue weighted by molar-refractivity contribution is 6.11. The fourth-order valence-corrected chi connectivity index (χ4v) is 2.80. The van der Waals surface area contributed by atoms with Gasteiger partial charge in [0.15, 0.2) is 0 Å². The van der Waals surface area contributed by atoms with E-state index in [9.17, 15) is 23.6 Å². The van der Waals surface area contributed by atoms with Crippen LogP contribution in [0.25, 0.3) is 11.0 Å². The predicted molar refractivity (Wildman–Crippen MR) is 94.0 cm³/mol. The Morgan fingerprint density at radius 2 is 1.69 bits per heavy atom. The standard InChI is InChI=1S/C17H15FN4O4/c1-20-12(23)8-11(14(24)19-10-6-4-5-9(18)7-10)13-15(20)21(2)17(26)22(3)16(13)25/h4-8H,1-3H3,(H,19,24). The number of halogens is 1. The van der Waals surface area contributed by atoms with Gasteiger partial charge in [-0.05, 0) is 18.2 Å². The van der Waals surface area contributed by atoms with Crippen LogP contribution < -0.4 is 22.1 Å². The maximum absolute atomic E-state index is 13.3. The van der Waals surface area contributed by atoms with E-state index < -0.39 is 28.5 Å². The predicted octanol–water partition coefficient (Wildman–Crippen LogP) is 0.327. The molecule has 3 rings (SSSR count). The quantitative estimate of drug-likeness (QED) is 0.714.